The van der Waals surface area contributed by atoms with E-state index < -0.39 is 0 Å². The van der Waals surface area contributed by atoms with Gasteiger partial charge in [-0.05, 0) is 13.8 Å². The van der Waals surface area contributed by atoms with Gasteiger partial charge in [-0.3, -0.25) is 0 Å². The Kier molecular flexibility index (Phi) is 2.56. The summed E-state index contributed by atoms with van der Waals surface area (Å²) >= 11 is 1.89. The number of carbonyl (C=O) groups is 1. The van der Waals surface area contributed by atoms with Gasteiger partial charge in [0.15, 0.2) is 0 Å². The number of nitrogens with one attached hydrogen (secondary N) is 1. The summed E-state index contributed by atoms with van der Waals surface area (Å²) < 4.78 is 0.214. The minimum Gasteiger partial charge on any atom is -0.333 e. The highest BCUT2D eigenvalue weighted by atomic mass is 32.2. The maximum absolute atomic E-state index is 11.2. The van der Waals surface area contributed by atoms with Gasteiger partial charge in [-0.25, -0.2) is 4.79 Å². The third kappa shape index (κ3) is 1.86. The predicted molar refractivity (Wildman–Crippen MR) is 52.5 cm³/mol. The molecule has 1 aliphatic heterocycles. The second-order valence-corrected chi connectivity index (χ2v) is 5.49. The largest absolute Gasteiger partial charge is 0.333 e. The molecule has 1 rings (SSSR count). The Morgan fingerprint density at radius 1 is 1.58 bits per heavy atom. The van der Waals surface area contributed by atoms with Crippen molar-refractivity contribution in [1.29, 1.82) is 0 Å². The fourth-order valence-electron chi connectivity index (χ4n) is 0.994. The molecule has 3 nitrogen and oxygen atoms in total. The van der Waals surface area contributed by atoms with Crippen molar-refractivity contribution < 1.29 is 4.79 Å². The van der Waals surface area contributed by atoms with Crippen LogP contribution in [-0.2, 0) is 0 Å². The van der Waals surface area contributed by atoms with Crippen LogP contribution in [0.3, 0.4) is 0 Å². The van der Waals surface area contributed by atoms with Crippen molar-refractivity contribution >= 4 is 17.8 Å². The topological polar surface area (TPSA) is 32.3 Å². The van der Waals surface area contributed by atoms with E-state index in [9.17, 15) is 4.79 Å². The highest BCUT2D eigenvalue weighted by Crippen LogP contribution is 2.39. The van der Waals surface area contributed by atoms with Crippen molar-refractivity contribution in [2.24, 2.45) is 0 Å². The fraction of sp³-hybridized carbons (Fsp3) is 0.875. The lowest BCUT2D eigenvalue weighted by molar-refractivity contribution is 0.211. The molecule has 2 amide bonds. The summed E-state index contributed by atoms with van der Waals surface area (Å²) in [7, 11) is 3.52. The summed E-state index contributed by atoms with van der Waals surface area (Å²) in [5.74, 6) is 1.03. The van der Waals surface area contributed by atoms with Gasteiger partial charge in [0.05, 0.1) is 6.04 Å². The van der Waals surface area contributed by atoms with Crippen LogP contribution in [0.2, 0.25) is 0 Å². The summed E-state index contributed by atoms with van der Waals surface area (Å²) in [6, 6.07) is 0.339. The Bertz CT molecular complexity index is 191. The van der Waals surface area contributed by atoms with Crippen LogP contribution in [0.1, 0.15) is 13.8 Å². The molecule has 0 aliphatic carbocycles. The van der Waals surface area contributed by atoms with Crippen molar-refractivity contribution in [1.82, 2.24) is 10.2 Å². The van der Waals surface area contributed by atoms with Crippen molar-refractivity contribution in [2.45, 2.75) is 24.6 Å². The Hall–Kier alpha value is -0.380. The quantitative estimate of drug-likeness (QED) is 0.669. The summed E-state index contributed by atoms with van der Waals surface area (Å²) in [5, 5.41) is 2.97. The van der Waals surface area contributed by atoms with E-state index in [2.05, 4.69) is 19.2 Å². The Balaban J connectivity index is 2.38. The van der Waals surface area contributed by atoms with Gasteiger partial charge in [0.1, 0.15) is 0 Å². The summed E-state index contributed by atoms with van der Waals surface area (Å²) in [4.78, 5) is 12.8. The monoisotopic (exact) mass is 188 g/mol. The van der Waals surface area contributed by atoms with Crippen LogP contribution >= 0.6 is 11.8 Å². The van der Waals surface area contributed by atoms with Crippen LogP contribution in [0.25, 0.3) is 0 Å². The van der Waals surface area contributed by atoms with Crippen LogP contribution < -0.4 is 5.32 Å². The van der Waals surface area contributed by atoms with E-state index in [1.54, 1.807) is 19.0 Å². The minimum atomic E-state index is 0.00775. The van der Waals surface area contributed by atoms with Gasteiger partial charge in [0, 0.05) is 24.6 Å². The summed E-state index contributed by atoms with van der Waals surface area (Å²) in [5.41, 5.74) is 0. The number of nitrogens with zero attached hydrogens (tertiary/aromatic N) is 1. The number of urea groups is 1. The van der Waals surface area contributed by atoms with E-state index in [0.29, 0.717) is 6.04 Å². The molecule has 1 heterocycles. The second-order valence-electron chi connectivity index (χ2n) is 3.81. The number of hydrogen-bond donors (Lipinski definition) is 1. The highest BCUT2D eigenvalue weighted by molar-refractivity contribution is 8.02. The number of amides is 2. The first-order chi connectivity index (χ1) is 5.43. The zero-order chi connectivity index (χ0) is 9.35. The molecule has 1 unspecified atom stereocenters. The fourth-order valence-corrected chi connectivity index (χ4v) is 2.14. The van der Waals surface area contributed by atoms with Crippen molar-refractivity contribution in [3.8, 4) is 0 Å². The Morgan fingerprint density at radius 2 is 2.17 bits per heavy atom. The van der Waals surface area contributed by atoms with Gasteiger partial charge in [0.2, 0.25) is 0 Å². The van der Waals surface area contributed by atoms with E-state index in [1.807, 2.05) is 11.8 Å². The first kappa shape index (κ1) is 9.71. The van der Waals surface area contributed by atoms with Gasteiger partial charge in [-0.2, -0.15) is 11.8 Å². The third-order valence-corrected chi connectivity index (χ3v) is 3.69. The molecular formula is C8H16N2OS. The molecule has 0 aromatic rings. The van der Waals surface area contributed by atoms with E-state index in [1.165, 1.54) is 0 Å². The molecule has 0 aromatic heterocycles. The Labute approximate surface area is 77.9 Å². The maximum Gasteiger partial charge on any atom is 0.317 e. The van der Waals surface area contributed by atoms with E-state index >= 15 is 0 Å². The number of rotatable bonds is 1. The zero-order valence-corrected chi connectivity index (χ0v) is 8.86. The first-order valence-corrected chi connectivity index (χ1v) is 5.04. The molecule has 0 radical (unpaired) electrons. The number of hydrogen-bond acceptors (Lipinski definition) is 2. The maximum atomic E-state index is 11.2. The Morgan fingerprint density at radius 3 is 2.42 bits per heavy atom. The molecule has 0 aromatic carbocycles. The molecule has 0 saturated carbocycles. The highest BCUT2D eigenvalue weighted by Gasteiger charge is 2.40. The molecule has 12 heavy (non-hydrogen) atoms. The van der Waals surface area contributed by atoms with Gasteiger partial charge in [-0.15, -0.1) is 0 Å². The number of thioether (sulfide) groups is 1. The van der Waals surface area contributed by atoms with Crippen LogP contribution in [-0.4, -0.2) is 41.6 Å². The standard InChI is InChI=1S/C8H16N2OS/c1-8(2)6(5-12-8)9-7(11)10(3)4/h6H,5H2,1-4H3,(H,9,11). The molecule has 4 heteroatoms. The lowest BCUT2D eigenvalue weighted by Gasteiger charge is -2.44. The molecule has 1 atom stereocenters. The molecular weight excluding hydrogens is 172 g/mol. The SMILES string of the molecule is CN(C)C(=O)NC1CSC1(C)C. The van der Waals surface area contributed by atoms with Crippen LogP contribution in [0.5, 0.6) is 0 Å². The molecule has 1 fully saturated rings. The molecule has 1 aliphatic rings. The van der Waals surface area contributed by atoms with Crippen molar-refractivity contribution in [3.63, 3.8) is 0 Å². The smallest absolute Gasteiger partial charge is 0.317 e. The van der Waals surface area contributed by atoms with Gasteiger partial charge >= 0.3 is 6.03 Å². The van der Waals surface area contributed by atoms with Crippen LogP contribution in [0, 0.1) is 0 Å². The van der Waals surface area contributed by atoms with Gasteiger partial charge in [-0.1, -0.05) is 0 Å². The summed E-state index contributed by atoms with van der Waals surface area (Å²) in [6.45, 7) is 4.31. The predicted octanol–water partition coefficient (Wildman–Crippen LogP) is 1.15. The normalized spacial score (nSPS) is 25.8. The van der Waals surface area contributed by atoms with E-state index in [4.69, 9.17) is 0 Å². The third-order valence-electron chi connectivity index (χ3n) is 2.17. The summed E-state index contributed by atoms with van der Waals surface area (Å²) in [6.07, 6.45) is 0. The van der Waals surface area contributed by atoms with Gasteiger partial charge < -0.3 is 10.2 Å². The van der Waals surface area contributed by atoms with E-state index in [0.717, 1.165) is 5.75 Å². The average molecular weight is 188 g/mol. The zero-order valence-electron chi connectivity index (χ0n) is 8.05. The minimum absolute atomic E-state index is 0.00775. The van der Waals surface area contributed by atoms with Crippen LogP contribution in [0.4, 0.5) is 4.79 Å². The van der Waals surface area contributed by atoms with Gasteiger partial charge in [0.25, 0.3) is 0 Å². The number of carbonyl (C=O) groups excluding carboxylic acids is 1. The van der Waals surface area contributed by atoms with Crippen LogP contribution in [0.15, 0.2) is 0 Å². The first-order valence-electron chi connectivity index (χ1n) is 4.05. The molecule has 0 bridgehead atoms. The lowest BCUT2D eigenvalue weighted by atomic mass is 10.0. The lowest BCUT2D eigenvalue weighted by Crippen LogP contribution is -2.58. The molecule has 1 N–H and O–H groups in total. The van der Waals surface area contributed by atoms with E-state index in [-0.39, 0.29) is 10.8 Å². The molecule has 70 valence electrons. The average Bonchev–Trinajstić information content (AvgIpc) is 1.97. The van der Waals surface area contributed by atoms with Crippen molar-refractivity contribution in [3.05, 3.63) is 0 Å². The van der Waals surface area contributed by atoms with Crippen molar-refractivity contribution in [2.75, 3.05) is 19.8 Å². The second kappa shape index (κ2) is 3.17. The molecule has 0 spiro atoms. The molecule has 1 saturated heterocycles.